The summed E-state index contributed by atoms with van der Waals surface area (Å²) in [4.78, 5) is 5.82. The second kappa shape index (κ2) is 4.20. The van der Waals surface area contributed by atoms with Gasteiger partial charge in [0.25, 0.3) is 0 Å². The zero-order chi connectivity index (χ0) is 10.0. The van der Waals surface area contributed by atoms with Crippen molar-refractivity contribution in [2.24, 2.45) is 11.7 Å². The molecule has 2 unspecified atom stereocenters. The van der Waals surface area contributed by atoms with Gasteiger partial charge in [0, 0.05) is 17.3 Å². The SMILES string of the molecule is Cc1nc(CC(C)C(C)N)sc1C. The summed E-state index contributed by atoms with van der Waals surface area (Å²) in [6, 6.07) is 0.254. The van der Waals surface area contributed by atoms with E-state index in [1.807, 2.05) is 0 Å². The molecule has 0 aliphatic heterocycles. The number of hydrogen-bond acceptors (Lipinski definition) is 3. The van der Waals surface area contributed by atoms with Gasteiger partial charge in [-0.05, 0) is 26.7 Å². The summed E-state index contributed by atoms with van der Waals surface area (Å²) in [6.07, 6.45) is 1.01. The third-order valence-corrected chi connectivity index (χ3v) is 3.56. The first kappa shape index (κ1) is 10.7. The van der Waals surface area contributed by atoms with Gasteiger partial charge >= 0.3 is 0 Å². The molecule has 0 saturated carbocycles. The highest BCUT2D eigenvalue weighted by molar-refractivity contribution is 7.11. The van der Waals surface area contributed by atoms with Crippen molar-refractivity contribution in [3.8, 4) is 0 Å². The minimum atomic E-state index is 0.254. The van der Waals surface area contributed by atoms with E-state index in [0.717, 1.165) is 12.1 Å². The van der Waals surface area contributed by atoms with Crippen molar-refractivity contribution in [3.63, 3.8) is 0 Å². The Balaban J connectivity index is 2.64. The molecule has 0 aromatic carbocycles. The zero-order valence-electron chi connectivity index (χ0n) is 8.79. The molecular formula is C10H18N2S. The van der Waals surface area contributed by atoms with Crippen molar-refractivity contribution in [3.05, 3.63) is 15.6 Å². The van der Waals surface area contributed by atoms with E-state index in [-0.39, 0.29) is 6.04 Å². The van der Waals surface area contributed by atoms with Gasteiger partial charge in [0.15, 0.2) is 0 Å². The molecule has 2 N–H and O–H groups in total. The van der Waals surface area contributed by atoms with E-state index in [1.54, 1.807) is 11.3 Å². The Morgan fingerprint density at radius 2 is 2.00 bits per heavy atom. The van der Waals surface area contributed by atoms with Crippen LogP contribution in [0.2, 0.25) is 0 Å². The Labute approximate surface area is 84.2 Å². The van der Waals surface area contributed by atoms with Crippen molar-refractivity contribution >= 4 is 11.3 Å². The van der Waals surface area contributed by atoms with Gasteiger partial charge in [-0.25, -0.2) is 4.98 Å². The maximum atomic E-state index is 5.81. The monoisotopic (exact) mass is 198 g/mol. The van der Waals surface area contributed by atoms with Gasteiger partial charge in [-0.3, -0.25) is 0 Å². The Kier molecular flexibility index (Phi) is 3.45. The highest BCUT2D eigenvalue weighted by Crippen LogP contribution is 2.20. The maximum absolute atomic E-state index is 5.81. The van der Waals surface area contributed by atoms with Gasteiger partial charge in [-0.15, -0.1) is 11.3 Å². The molecule has 0 bridgehead atoms. The molecule has 1 aromatic rings. The molecule has 74 valence electrons. The van der Waals surface area contributed by atoms with Gasteiger partial charge < -0.3 is 5.73 Å². The summed E-state index contributed by atoms with van der Waals surface area (Å²) in [5.41, 5.74) is 6.97. The number of aromatic nitrogens is 1. The van der Waals surface area contributed by atoms with Gasteiger partial charge in [0.05, 0.1) is 10.7 Å². The van der Waals surface area contributed by atoms with Crippen LogP contribution in [0.3, 0.4) is 0 Å². The highest BCUT2D eigenvalue weighted by Gasteiger charge is 2.11. The fraction of sp³-hybridized carbons (Fsp3) is 0.700. The quantitative estimate of drug-likeness (QED) is 0.809. The maximum Gasteiger partial charge on any atom is 0.0934 e. The topological polar surface area (TPSA) is 38.9 Å². The van der Waals surface area contributed by atoms with Crippen LogP contribution in [0.4, 0.5) is 0 Å². The summed E-state index contributed by atoms with van der Waals surface area (Å²) in [5.74, 6) is 0.518. The minimum absolute atomic E-state index is 0.254. The largest absolute Gasteiger partial charge is 0.328 e. The van der Waals surface area contributed by atoms with Crippen molar-refractivity contribution in [2.45, 2.75) is 40.2 Å². The average molecular weight is 198 g/mol. The number of aryl methyl sites for hydroxylation is 2. The predicted octanol–water partition coefficient (Wildman–Crippen LogP) is 2.29. The molecule has 3 heteroatoms. The van der Waals surface area contributed by atoms with Gasteiger partial charge in [-0.1, -0.05) is 6.92 Å². The predicted molar refractivity (Wildman–Crippen MR) is 58.1 cm³/mol. The normalized spacial score (nSPS) is 15.8. The third-order valence-electron chi connectivity index (χ3n) is 2.47. The van der Waals surface area contributed by atoms with Crippen LogP contribution in [-0.2, 0) is 6.42 Å². The van der Waals surface area contributed by atoms with E-state index in [0.29, 0.717) is 5.92 Å². The Morgan fingerprint density at radius 3 is 2.38 bits per heavy atom. The number of nitrogens with zero attached hydrogens (tertiary/aromatic N) is 1. The molecule has 0 amide bonds. The smallest absolute Gasteiger partial charge is 0.0934 e. The lowest BCUT2D eigenvalue weighted by atomic mass is 10.0. The molecular weight excluding hydrogens is 180 g/mol. The highest BCUT2D eigenvalue weighted by atomic mass is 32.1. The van der Waals surface area contributed by atoms with Crippen LogP contribution in [0.25, 0.3) is 0 Å². The number of rotatable bonds is 3. The fourth-order valence-electron chi connectivity index (χ4n) is 1.09. The average Bonchev–Trinajstić information content (AvgIpc) is 2.31. The molecule has 0 spiro atoms. The minimum Gasteiger partial charge on any atom is -0.328 e. The number of hydrogen-bond donors (Lipinski definition) is 1. The van der Waals surface area contributed by atoms with Crippen molar-refractivity contribution in [1.82, 2.24) is 4.98 Å². The molecule has 0 aliphatic rings. The summed E-state index contributed by atoms with van der Waals surface area (Å²) in [7, 11) is 0. The molecule has 1 rings (SSSR count). The molecule has 0 fully saturated rings. The van der Waals surface area contributed by atoms with Gasteiger partial charge in [0.2, 0.25) is 0 Å². The van der Waals surface area contributed by atoms with Crippen LogP contribution >= 0.6 is 11.3 Å². The second-order valence-corrected chi connectivity index (χ2v) is 5.08. The summed E-state index contributed by atoms with van der Waals surface area (Å²) in [5, 5.41) is 1.22. The first-order valence-corrected chi connectivity index (χ1v) is 5.51. The van der Waals surface area contributed by atoms with Crippen molar-refractivity contribution < 1.29 is 0 Å². The first-order valence-electron chi connectivity index (χ1n) is 4.69. The Bertz CT molecular complexity index is 259. The van der Waals surface area contributed by atoms with E-state index < -0.39 is 0 Å². The molecule has 2 nitrogen and oxygen atoms in total. The van der Waals surface area contributed by atoms with Crippen LogP contribution in [0.5, 0.6) is 0 Å². The van der Waals surface area contributed by atoms with E-state index in [1.165, 1.54) is 9.88 Å². The number of nitrogens with two attached hydrogens (primary N) is 1. The third kappa shape index (κ3) is 2.78. The van der Waals surface area contributed by atoms with Crippen molar-refractivity contribution in [2.75, 3.05) is 0 Å². The molecule has 0 aliphatic carbocycles. The van der Waals surface area contributed by atoms with Crippen molar-refractivity contribution in [1.29, 1.82) is 0 Å². The van der Waals surface area contributed by atoms with Crippen LogP contribution < -0.4 is 5.73 Å². The molecule has 0 saturated heterocycles. The Hall–Kier alpha value is -0.410. The summed E-state index contributed by atoms with van der Waals surface area (Å²) in [6.45, 7) is 8.41. The van der Waals surface area contributed by atoms with Crippen LogP contribution in [0.15, 0.2) is 0 Å². The molecule has 1 aromatic heterocycles. The number of thiazole rings is 1. The van der Waals surface area contributed by atoms with Crippen LogP contribution in [0, 0.1) is 19.8 Å². The van der Waals surface area contributed by atoms with Gasteiger partial charge in [-0.2, -0.15) is 0 Å². The Morgan fingerprint density at radius 1 is 1.38 bits per heavy atom. The summed E-state index contributed by atoms with van der Waals surface area (Å²) >= 11 is 1.79. The second-order valence-electron chi connectivity index (χ2n) is 3.79. The summed E-state index contributed by atoms with van der Waals surface area (Å²) < 4.78 is 0. The lowest BCUT2D eigenvalue weighted by Crippen LogP contribution is -2.25. The van der Waals surface area contributed by atoms with E-state index in [9.17, 15) is 0 Å². The van der Waals surface area contributed by atoms with E-state index >= 15 is 0 Å². The fourth-order valence-corrected chi connectivity index (χ4v) is 2.16. The van der Waals surface area contributed by atoms with Crippen LogP contribution in [0.1, 0.15) is 29.4 Å². The van der Waals surface area contributed by atoms with E-state index in [4.69, 9.17) is 5.73 Å². The van der Waals surface area contributed by atoms with E-state index in [2.05, 4.69) is 32.7 Å². The lowest BCUT2D eigenvalue weighted by molar-refractivity contribution is 0.480. The molecule has 2 atom stereocenters. The molecule has 13 heavy (non-hydrogen) atoms. The molecule has 0 radical (unpaired) electrons. The first-order chi connectivity index (χ1) is 6.00. The lowest BCUT2D eigenvalue weighted by Gasteiger charge is -2.12. The zero-order valence-corrected chi connectivity index (χ0v) is 9.61. The van der Waals surface area contributed by atoms with Gasteiger partial charge in [0.1, 0.15) is 0 Å². The standard InChI is InChI=1S/C10H18N2S/c1-6(7(2)11)5-10-12-8(3)9(4)13-10/h6-7H,5,11H2,1-4H3. The molecule has 1 heterocycles. The van der Waals surface area contributed by atoms with Crippen LogP contribution in [-0.4, -0.2) is 11.0 Å².